The van der Waals surface area contributed by atoms with Gasteiger partial charge in [0.1, 0.15) is 5.75 Å². The molecular weight excluding hydrogens is 446 g/mol. The number of carbonyl (C=O) groups excluding carboxylic acids is 1. The lowest BCUT2D eigenvalue weighted by molar-refractivity contribution is -0.134. The van der Waals surface area contributed by atoms with Gasteiger partial charge in [-0.3, -0.25) is 0 Å². The quantitative estimate of drug-likeness (QED) is 0.188. The van der Waals surface area contributed by atoms with Gasteiger partial charge in [-0.15, -0.1) is 0 Å². The SMILES string of the molecule is CCCCCc1ccc(N2CCc3cc(OC)ccc3C2(C)c2ccc(C=CC(=O)OC)cc2)cc1. The van der Waals surface area contributed by atoms with E-state index in [1.165, 1.54) is 60.4 Å². The van der Waals surface area contributed by atoms with Crippen molar-refractivity contribution in [3.8, 4) is 5.75 Å². The van der Waals surface area contributed by atoms with Crippen LogP contribution in [-0.2, 0) is 27.9 Å². The zero-order valence-corrected chi connectivity index (χ0v) is 21.9. The van der Waals surface area contributed by atoms with E-state index in [1.54, 1.807) is 13.2 Å². The Morgan fingerprint density at radius 3 is 2.42 bits per heavy atom. The summed E-state index contributed by atoms with van der Waals surface area (Å²) in [5.74, 6) is 0.537. The smallest absolute Gasteiger partial charge is 0.330 e. The predicted molar refractivity (Wildman–Crippen MR) is 148 cm³/mol. The first-order valence-electron chi connectivity index (χ1n) is 12.9. The molecule has 0 spiro atoms. The van der Waals surface area contributed by atoms with Gasteiger partial charge in [0.2, 0.25) is 0 Å². The first kappa shape index (κ1) is 25.6. The van der Waals surface area contributed by atoms with Gasteiger partial charge < -0.3 is 14.4 Å². The van der Waals surface area contributed by atoms with Crippen molar-refractivity contribution in [2.24, 2.45) is 0 Å². The molecule has 36 heavy (non-hydrogen) atoms. The fourth-order valence-corrected chi connectivity index (χ4v) is 5.25. The summed E-state index contributed by atoms with van der Waals surface area (Å²) in [6, 6.07) is 24.0. The van der Waals surface area contributed by atoms with E-state index in [2.05, 4.69) is 85.5 Å². The number of hydrogen-bond acceptors (Lipinski definition) is 4. The molecule has 0 bridgehead atoms. The fourth-order valence-electron chi connectivity index (χ4n) is 5.25. The van der Waals surface area contributed by atoms with E-state index in [9.17, 15) is 4.79 Å². The van der Waals surface area contributed by atoms with E-state index in [0.717, 1.165) is 30.7 Å². The lowest BCUT2D eigenvalue weighted by Crippen LogP contribution is -2.49. The molecule has 1 unspecified atom stereocenters. The molecule has 1 aliphatic rings. The van der Waals surface area contributed by atoms with Crippen LogP contribution in [0.25, 0.3) is 6.08 Å². The largest absolute Gasteiger partial charge is 0.497 e. The van der Waals surface area contributed by atoms with Crippen LogP contribution in [0.1, 0.15) is 60.9 Å². The molecule has 3 aromatic rings. The average Bonchev–Trinajstić information content (AvgIpc) is 2.92. The second-order valence-corrected chi connectivity index (χ2v) is 9.60. The van der Waals surface area contributed by atoms with Crippen molar-refractivity contribution >= 4 is 17.7 Å². The first-order chi connectivity index (χ1) is 17.5. The Balaban J connectivity index is 1.72. The molecule has 1 aliphatic heterocycles. The molecule has 4 rings (SSSR count). The maximum absolute atomic E-state index is 11.5. The fraction of sp³-hybridized carbons (Fsp3) is 0.344. The topological polar surface area (TPSA) is 38.8 Å². The van der Waals surface area contributed by atoms with Crippen LogP contribution in [0, 0.1) is 0 Å². The third kappa shape index (κ3) is 5.33. The molecule has 4 nitrogen and oxygen atoms in total. The molecule has 0 saturated heterocycles. The number of fused-ring (bicyclic) bond motifs is 1. The van der Waals surface area contributed by atoms with E-state index < -0.39 is 0 Å². The van der Waals surface area contributed by atoms with Crippen molar-refractivity contribution in [2.75, 3.05) is 25.7 Å². The molecule has 3 aromatic carbocycles. The predicted octanol–water partition coefficient (Wildman–Crippen LogP) is 6.94. The summed E-state index contributed by atoms with van der Waals surface area (Å²) in [5.41, 5.74) is 7.05. The molecule has 1 heterocycles. The normalized spacial score (nSPS) is 17.2. The zero-order chi connectivity index (χ0) is 25.5. The summed E-state index contributed by atoms with van der Waals surface area (Å²) in [7, 11) is 3.11. The Morgan fingerprint density at radius 1 is 1.00 bits per heavy atom. The molecule has 4 heteroatoms. The van der Waals surface area contributed by atoms with Gasteiger partial charge in [0.25, 0.3) is 0 Å². The van der Waals surface area contributed by atoms with Crippen LogP contribution in [0.4, 0.5) is 5.69 Å². The Hall–Kier alpha value is -3.53. The second kappa shape index (κ2) is 11.5. The number of unbranched alkanes of at least 4 members (excludes halogenated alkanes) is 2. The van der Waals surface area contributed by atoms with Crippen LogP contribution in [0.15, 0.2) is 72.8 Å². The van der Waals surface area contributed by atoms with Gasteiger partial charge in [0, 0.05) is 18.3 Å². The van der Waals surface area contributed by atoms with Gasteiger partial charge in [-0.2, -0.15) is 0 Å². The summed E-state index contributed by atoms with van der Waals surface area (Å²) in [5, 5.41) is 0. The Morgan fingerprint density at radius 2 is 1.75 bits per heavy atom. The van der Waals surface area contributed by atoms with Crippen molar-refractivity contribution in [1.82, 2.24) is 0 Å². The third-order valence-corrected chi connectivity index (χ3v) is 7.38. The van der Waals surface area contributed by atoms with Crippen LogP contribution in [-0.4, -0.2) is 26.7 Å². The maximum Gasteiger partial charge on any atom is 0.330 e. The van der Waals surface area contributed by atoms with Gasteiger partial charge in [-0.1, -0.05) is 62.2 Å². The number of nitrogens with zero attached hydrogens (tertiary/aromatic N) is 1. The van der Waals surface area contributed by atoms with Crippen molar-refractivity contribution < 1.29 is 14.3 Å². The van der Waals surface area contributed by atoms with E-state index >= 15 is 0 Å². The van der Waals surface area contributed by atoms with E-state index in [0.29, 0.717) is 0 Å². The highest BCUT2D eigenvalue weighted by Gasteiger charge is 2.40. The van der Waals surface area contributed by atoms with Crippen molar-refractivity contribution in [3.63, 3.8) is 0 Å². The van der Waals surface area contributed by atoms with Crippen molar-refractivity contribution in [1.29, 1.82) is 0 Å². The number of hydrogen-bond donors (Lipinski definition) is 0. The summed E-state index contributed by atoms with van der Waals surface area (Å²) in [6.45, 7) is 5.47. The molecule has 0 aromatic heterocycles. The number of aryl methyl sites for hydroxylation is 1. The van der Waals surface area contributed by atoms with Crippen molar-refractivity contribution in [3.05, 3.63) is 101 Å². The molecule has 0 N–H and O–H groups in total. The maximum atomic E-state index is 11.5. The molecular formula is C32H37NO3. The Bertz CT molecular complexity index is 1200. The highest BCUT2D eigenvalue weighted by Crippen LogP contribution is 2.44. The molecule has 0 amide bonds. The lowest BCUT2D eigenvalue weighted by Gasteiger charge is -2.48. The van der Waals surface area contributed by atoms with Gasteiger partial charge in [0.15, 0.2) is 0 Å². The van der Waals surface area contributed by atoms with E-state index in [-0.39, 0.29) is 11.5 Å². The van der Waals surface area contributed by atoms with Gasteiger partial charge in [0.05, 0.1) is 19.8 Å². The lowest BCUT2D eigenvalue weighted by atomic mass is 9.76. The number of esters is 1. The number of ether oxygens (including phenoxy) is 2. The van der Waals surface area contributed by atoms with Crippen LogP contribution in [0.2, 0.25) is 0 Å². The molecule has 188 valence electrons. The number of benzene rings is 3. The third-order valence-electron chi connectivity index (χ3n) is 7.38. The van der Waals surface area contributed by atoms with E-state index in [1.807, 2.05) is 0 Å². The zero-order valence-electron chi connectivity index (χ0n) is 21.9. The van der Waals surface area contributed by atoms with Gasteiger partial charge >= 0.3 is 5.97 Å². The van der Waals surface area contributed by atoms with Gasteiger partial charge in [-0.25, -0.2) is 4.79 Å². The van der Waals surface area contributed by atoms with Gasteiger partial charge in [-0.05, 0) is 84.3 Å². The first-order valence-corrected chi connectivity index (χ1v) is 12.9. The minimum atomic E-state index is -0.356. The number of methoxy groups -OCH3 is 2. The summed E-state index contributed by atoms with van der Waals surface area (Å²) in [6.07, 6.45) is 9.08. The standard InChI is InChI=1S/C32H37NO3/c1-5-6-7-8-24-11-16-28(17-12-24)33-22-21-26-23-29(35-3)18-19-30(26)32(33,2)27-14-9-25(10-15-27)13-20-31(34)36-4/h9-20,23H,5-8,21-22H2,1-4H3. The Kier molecular flexibility index (Phi) is 8.14. The van der Waals surface area contributed by atoms with Crippen LogP contribution >= 0.6 is 0 Å². The van der Waals surface area contributed by atoms with Crippen LogP contribution in [0.3, 0.4) is 0 Å². The minimum absolute atomic E-state index is 0.353. The number of carbonyl (C=O) groups is 1. The number of rotatable bonds is 9. The molecule has 0 aliphatic carbocycles. The van der Waals surface area contributed by atoms with Crippen LogP contribution in [0.5, 0.6) is 5.75 Å². The van der Waals surface area contributed by atoms with E-state index in [4.69, 9.17) is 9.47 Å². The highest BCUT2D eigenvalue weighted by molar-refractivity contribution is 5.86. The molecule has 0 saturated carbocycles. The highest BCUT2D eigenvalue weighted by atomic mass is 16.5. The van der Waals surface area contributed by atoms with Crippen LogP contribution < -0.4 is 9.64 Å². The monoisotopic (exact) mass is 483 g/mol. The number of anilines is 1. The second-order valence-electron chi connectivity index (χ2n) is 9.60. The minimum Gasteiger partial charge on any atom is -0.497 e. The summed E-state index contributed by atoms with van der Waals surface area (Å²) >= 11 is 0. The summed E-state index contributed by atoms with van der Waals surface area (Å²) < 4.78 is 10.3. The molecule has 1 atom stereocenters. The molecule has 0 radical (unpaired) electrons. The summed E-state index contributed by atoms with van der Waals surface area (Å²) in [4.78, 5) is 14.0. The Labute approximate surface area is 215 Å². The van der Waals surface area contributed by atoms with Crippen molar-refractivity contribution in [2.45, 2.75) is 51.5 Å². The average molecular weight is 484 g/mol. The molecule has 0 fully saturated rings.